The van der Waals surface area contributed by atoms with Crippen molar-refractivity contribution in [3.63, 3.8) is 0 Å². The number of hydrogen-bond donors (Lipinski definition) is 0. The van der Waals surface area contributed by atoms with Crippen molar-refractivity contribution in [2.75, 3.05) is 52.6 Å². The molecule has 2 atom stereocenters. The van der Waals surface area contributed by atoms with Gasteiger partial charge in [-0.05, 0) is 13.8 Å². The molecular weight excluding hydrogens is 228 g/mol. The van der Waals surface area contributed by atoms with Crippen molar-refractivity contribution in [3.8, 4) is 11.8 Å². The first-order chi connectivity index (χ1) is 8.77. The highest BCUT2D eigenvalue weighted by Crippen LogP contribution is 2.05. The molecule has 2 heterocycles. The van der Waals surface area contributed by atoms with E-state index in [1.807, 2.05) is 0 Å². The summed E-state index contributed by atoms with van der Waals surface area (Å²) >= 11 is 0. The van der Waals surface area contributed by atoms with Gasteiger partial charge in [0, 0.05) is 25.2 Å². The molecular formula is C14H24N2O2. The Morgan fingerprint density at radius 1 is 0.889 bits per heavy atom. The number of ether oxygens (including phenoxy) is 2. The lowest BCUT2D eigenvalue weighted by Gasteiger charge is -2.32. The third kappa shape index (κ3) is 3.96. The minimum Gasteiger partial charge on any atom is -0.379 e. The highest BCUT2D eigenvalue weighted by molar-refractivity contribution is 5.04. The monoisotopic (exact) mass is 252 g/mol. The Bertz CT molecular complexity index is 283. The molecule has 0 aromatic heterocycles. The minimum absolute atomic E-state index is 0.496. The molecule has 0 aliphatic carbocycles. The number of morpholine rings is 2. The summed E-state index contributed by atoms with van der Waals surface area (Å²) in [6.45, 7) is 11.5. The van der Waals surface area contributed by atoms with E-state index >= 15 is 0 Å². The van der Waals surface area contributed by atoms with Crippen LogP contribution in [0.25, 0.3) is 0 Å². The van der Waals surface area contributed by atoms with Gasteiger partial charge in [-0.1, -0.05) is 11.8 Å². The molecule has 102 valence electrons. The van der Waals surface area contributed by atoms with Crippen molar-refractivity contribution in [1.82, 2.24) is 9.80 Å². The molecule has 0 saturated carbocycles. The summed E-state index contributed by atoms with van der Waals surface area (Å²) in [5.74, 6) is 6.58. The zero-order chi connectivity index (χ0) is 12.8. The van der Waals surface area contributed by atoms with E-state index in [0.717, 1.165) is 52.6 Å². The van der Waals surface area contributed by atoms with Crippen molar-refractivity contribution in [1.29, 1.82) is 0 Å². The lowest BCUT2D eigenvalue weighted by Crippen LogP contribution is -2.44. The molecule has 4 heteroatoms. The van der Waals surface area contributed by atoms with Crippen LogP contribution in [-0.4, -0.2) is 74.5 Å². The molecule has 0 amide bonds. The number of nitrogens with zero attached hydrogens (tertiary/aromatic N) is 2. The van der Waals surface area contributed by atoms with Gasteiger partial charge in [0.1, 0.15) is 0 Å². The van der Waals surface area contributed by atoms with Crippen LogP contribution in [-0.2, 0) is 9.47 Å². The molecule has 0 unspecified atom stereocenters. The Labute approximate surface area is 110 Å². The lowest BCUT2D eigenvalue weighted by atomic mass is 10.2. The zero-order valence-electron chi connectivity index (χ0n) is 11.5. The summed E-state index contributed by atoms with van der Waals surface area (Å²) in [6, 6.07) is 0.991. The first-order valence-corrected chi connectivity index (χ1v) is 6.86. The lowest BCUT2D eigenvalue weighted by molar-refractivity contribution is 0.00543. The molecule has 2 fully saturated rings. The van der Waals surface area contributed by atoms with Gasteiger partial charge in [0.25, 0.3) is 0 Å². The highest BCUT2D eigenvalue weighted by atomic mass is 16.5. The Morgan fingerprint density at radius 3 is 1.72 bits per heavy atom. The predicted molar refractivity (Wildman–Crippen MR) is 71.5 cm³/mol. The molecule has 2 aliphatic rings. The second-order valence-corrected chi connectivity index (χ2v) is 5.14. The quantitative estimate of drug-likeness (QED) is 0.666. The van der Waals surface area contributed by atoms with E-state index in [4.69, 9.17) is 9.47 Å². The van der Waals surface area contributed by atoms with Gasteiger partial charge in [0.2, 0.25) is 0 Å². The second kappa shape index (κ2) is 7.10. The van der Waals surface area contributed by atoms with Crippen LogP contribution >= 0.6 is 0 Å². The van der Waals surface area contributed by atoms with Gasteiger partial charge in [-0.25, -0.2) is 0 Å². The molecule has 0 aromatic carbocycles. The maximum Gasteiger partial charge on any atom is 0.0620 e. The Morgan fingerprint density at radius 2 is 1.33 bits per heavy atom. The third-order valence-electron chi connectivity index (χ3n) is 3.70. The van der Waals surface area contributed by atoms with Crippen LogP contribution in [0.5, 0.6) is 0 Å². The van der Waals surface area contributed by atoms with E-state index in [1.165, 1.54) is 0 Å². The van der Waals surface area contributed by atoms with Gasteiger partial charge in [-0.2, -0.15) is 0 Å². The summed E-state index contributed by atoms with van der Waals surface area (Å²) in [6.07, 6.45) is 0. The molecule has 2 saturated heterocycles. The fraction of sp³-hybridized carbons (Fsp3) is 0.857. The largest absolute Gasteiger partial charge is 0.379 e. The fourth-order valence-corrected chi connectivity index (χ4v) is 2.31. The van der Waals surface area contributed by atoms with E-state index < -0.39 is 0 Å². The van der Waals surface area contributed by atoms with Crippen LogP contribution in [0.15, 0.2) is 0 Å². The molecule has 0 spiro atoms. The molecule has 0 radical (unpaired) electrons. The van der Waals surface area contributed by atoms with E-state index in [0.29, 0.717) is 12.1 Å². The zero-order valence-corrected chi connectivity index (χ0v) is 11.5. The first kappa shape index (κ1) is 13.8. The van der Waals surface area contributed by atoms with Crippen LogP contribution in [0.3, 0.4) is 0 Å². The second-order valence-electron chi connectivity index (χ2n) is 5.14. The van der Waals surface area contributed by atoms with Crippen molar-refractivity contribution in [3.05, 3.63) is 0 Å². The molecule has 2 rings (SSSR count). The van der Waals surface area contributed by atoms with E-state index in [2.05, 4.69) is 35.5 Å². The van der Waals surface area contributed by atoms with Gasteiger partial charge in [0.15, 0.2) is 0 Å². The maximum atomic E-state index is 5.42. The molecule has 2 aliphatic heterocycles. The molecule has 4 nitrogen and oxygen atoms in total. The average molecular weight is 252 g/mol. The van der Waals surface area contributed by atoms with E-state index in [-0.39, 0.29) is 0 Å². The normalized spacial score (nSPS) is 30.8. The Balaban J connectivity index is 1.71. The average Bonchev–Trinajstić information content (AvgIpc) is 2.38. The van der Waals surface area contributed by atoms with Crippen LogP contribution < -0.4 is 0 Å². The standard InChI is InChI=1S/C14H24N2O2/c1-13-11-17-9-7-15(13)5-3-4-6-16-8-10-18-12-14(16)2/h13-14H,5-12H2,1-2H3/t13-,14-/m1/s1. The van der Waals surface area contributed by atoms with Crippen LogP contribution in [0.1, 0.15) is 13.8 Å². The van der Waals surface area contributed by atoms with Crippen molar-refractivity contribution < 1.29 is 9.47 Å². The molecule has 0 bridgehead atoms. The van der Waals surface area contributed by atoms with Crippen LogP contribution in [0, 0.1) is 11.8 Å². The summed E-state index contributed by atoms with van der Waals surface area (Å²) in [7, 11) is 0. The fourth-order valence-electron chi connectivity index (χ4n) is 2.31. The highest BCUT2D eigenvalue weighted by Gasteiger charge is 2.18. The molecule has 0 N–H and O–H groups in total. The topological polar surface area (TPSA) is 24.9 Å². The Hall–Kier alpha value is -0.600. The predicted octanol–water partition coefficient (Wildman–Crippen LogP) is 0.431. The molecule has 18 heavy (non-hydrogen) atoms. The number of rotatable bonds is 2. The Kier molecular flexibility index (Phi) is 5.45. The van der Waals surface area contributed by atoms with Gasteiger partial charge >= 0.3 is 0 Å². The maximum absolute atomic E-state index is 5.42. The van der Waals surface area contributed by atoms with Crippen LogP contribution in [0.4, 0.5) is 0 Å². The third-order valence-corrected chi connectivity index (χ3v) is 3.70. The summed E-state index contributed by atoms with van der Waals surface area (Å²) in [4.78, 5) is 4.78. The van der Waals surface area contributed by atoms with Crippen molar-refractivity contribution in [2.24, 2.45) is 0 Å². The molecule has 0 aromatic rings. The summed E-state index contributed by atoms with van der Waals surface area (Å²) < 4.78 is 10.8. The van der Waals surface area contributed by atoms with Gasteiger partial charge in [0.05, 0.1) is 39.5 Å². The smallest absolute Gasteiger partial charge is 0.0620 e. The van der Waals surface area contributed by atoms with Gasteiger partial charge in [-0.15, -0.1) is 0 Å². The summed E-state index contributed by atoms with van der Waals surface area (Å²) in [5.41, 5.74) is 0. The van der Waals surface area contributed by atoms with E-state index in [9.17, 15) is 0 Å². The van der Waals surface area contributed by atoms with Gasteiger partial charge in [-0.3, -0.25) is 9.80 Å². The summed E-state index contributed by atoms with van der Waals surface area (Å²) in [5, 5.41) is 0. The SMILES string of the molecule is C[C@@H]1COCCN1CC#CCN1CCOC[C@H]1C. The van der Waals surface area contributed by atoms with Crippen molar-refractivity contribution in [2.45, 2.75) is 25.9 Å². The van der Waals surface area contributed by atoms with E-state index in [1.54, 1.807) is 0 Å². The van der Waals surface area contributed by atoms with Crippen molar-refractivity contribution >= 4 is 0 Å². The van der Waals surface area contributed by atoms with Crippen LogP contribution in [0.2, 0.25) is 0 Å². The number of hydrogen-bond acceptors (Lipinski definition) is 4. The first-order valence-electron chi connectivity index (χ1n) is 6.86. The minimum atomic E-state index is 0.496. The van der Waals surface area contributed by atoms with Gasteiger partial charge < -0.3 is 9.47 Å².